The Bertz CT molecular complexity index is 563. The van der Waals surface area contributed by atoms with Gasteiger partial charge < -0.3 is 18.8 Å². The van der Waals surface area contributed by atoms with Crippen molar-refractivity contribution < 1.29 is 18.8 Å². The molecule has 0 saturated carbocycles. The van der Waals surface area contributed by atoms with Gasteiger partial charge in [0, 0.05) is 13.2 Å². The third-order valence-corrected chi connectivity index (χ3v) is 5.43. The lowest BCUT2D eigenvalue weighted by molar-refractivity contribution is 0.00578. The zero-order chi connectivity index (χ0) is 17.4. The fourth-order valence-electron chi connectivity index (χ4n) is 3.10. The third-order valence-electron chi connectivity index (χ3n) is 5.43. The van der Waals surface area contributed by atoms with Crippen LogP contribution in [-0.4, -0.2) is 38.1 Å². The Balaban J connectivity index is 1.70. The highest BCUT2D eigenvalue weighted by Gasteiger charge is 2.51. The Kier molecular flexibility index (Phi) is 4.96. The first kappa shape index (κ1) is 17.8. The Morgan fingerprint density at radius 1 is 1.04 bits per heavy atom. The van der Waals surface area contributed by atoms with E-state index >= 15 is 0 Å². The second-order valence-corrected chi connectivity index (χ2v) is 8.03. The van der Waals surface area contributed by atoms with Gasteiger partial charge in [-0.2, -0.15) is 0 Å². The quantitative estimate of drug-likeness (QED) is 0.794. The van der Waals surface area contributed by atoms with Crippen LogP contribution in [-0.2, 0) is 14.0 Å². The molecule has 24 heavy (non-hydrogen) atoms. The maximum absolute atomic E-state index is 6.16. The minimum absolute atomic E-state index is 0.329. The van der Waals surface area contributed by atoms with E-state index in [1.807, 2.05) is 0 Å². The zero-order valence-corrected chi connectivity index (χ0v) is 15.6. The fraction of sp³-hybridized carbons (Fsp3) is 0.684. The van der Waals surface area contributed by atoms with Gasteiger partial charge in [0.05, 0.1) is 17.8 Å². The van der Waals surface area contributed by atoms with Gasteiger partial charge in [-0.05, 0) is 76.5 Å². The van der Waals surface area contributed by atoms with Crippen LogP contribution in [0.15, 0.2) is 18.2 Å². The van der Waals surface area contributed by atoms with Gasteiger partial charge in [0.15, 0.2) is 0 Å². The van der Waals surface area contributed by atoms with E-state index in [-0.39, 0.29) is 18.3 Å². The van der Waals surface area contributed by atoms with Crippen molar-refractivity contribution in [2.24, 2.45) is 5.92 Å². The molecule has 0 spiro atoms. The summed E-state index contributed by atoms with van der Waals surface area (Å²) in [5, 5.41) is 0. The standard InChI is InChI=1S/C19H29BO4/c1-14-10-16(20-23-18(2,3)19(4,5)24-20)12-17(11-14)22-13-15-6-8-21-9-7-15/h10-12,15H,6-9,13H2,1-5H3. The molecule has 132 valence electrons. The lowest BCUT2D eigenvalue weighted by atomic mass is 9.78. The first-order valence-corrected chi connectivity index (χ1v) is 8.95. The molecule has 1 aromatic carbocycles. The smallest absolute Gasteiger partial charge is 0.493 e. The van der Waals surface area contributed by atoms with E-state index in [1.165, 1.54) is 0 Å². The molecule has 4 nitrogen and oxygen atoms in total. The topological polar surface area (TPSA) is 36.9 Å². The van der Waals surface area contributed by atoms with Crippen LogP contribution in [0.25, 0.3) is 0 Å². The summed E-state index contributed by atoms with van der Waals surface area (Å²) < 4.78 is 23.8. The molecule has 3 rings (SSSR count). The van der Waals surface area contributed by atoms with E-state index in [4.69, 9.17) is 18.8 Å². The van der Waals surface area contributed by atoms with Crippen LogP contribution < -0.4 is 10.2 Å². The van der Waals surface area contributed by atoms with Crippen molar-refractivity contribution in [2.75, 3.05) is 19.8 Å². The molecule has 0 radical (unpaired) electrons. The van der Waals surface area contributed by atoms with E-state index < -0.39 is 0 Å². The third kappa shape index (κ3) is 3.79. The molecule has 2 saturated heterocycles. The predicted molar refractivity (Wildman–Crippen MR) is 95.9 cm³/mol. The van der Waals surface area contributed by atoms with Crippen LogP contribution in [0.3, 0.4) is 0 Å². The van der Waals surface area contributed by atoms with Gasteiger partial charge in [0.25, 0.3) is 0 Å². The van der Waals surface area contributed by atoms with Crippen LogP contribution in [0.1, 0.15) is 46.1 Å². The summed E-state index contributed by atoms with van der Waals surface area (Å²) in [6, 6.07) is 6.24. The molecule has 0 atom stereocenters. The largest absolute Gasteiger partial charge is 0.494 e. The number of ether oxygens (including phenoxy) is 2. The first-order valence-electron chi connectivity index (χ1n) is 8.95. The van der Waals surface area contributed by atoms with Crippen molar-refractivity contribution in [2.45, 2.75) is 58.7 Å². The van der Waals surface area contributed by atoms with Crippen molar-refractivity contribution in [1.29, 1.82) is 0 Å². The SMILES string of the molecule is Cc1cc(OCC2CCOCC2)cc(B2OC(C)(C)C(C)(C)O2)c1. The van der Waals surface area contributed by atoms with Crippen LogP contribution in [0.5, 0.6) is 5.75 Å². The molecule has 2 aliphatic heterocycles. The van der Waals surface area contributed by atoms with Crippen LogP contribution >= 0.6 is 0 Å². The van der Waals surface area contributed by atoms with Crippen LogP contribution in [0.4, 0.5) is 0 Å². The van der Waals surface area contributed by atoms with Crippen LogP contribution in [0, 0.1) is 12.8 Å². The molecular weight excluding hydrogens is 303 g/mol. The lowest BCUT2D eigenvalue weighted by Gasteiger charge is -2.32. The average Bonchev–Trinajstić information content (AvgIpc) is 2.74. The van der Waals surface area contributed by atoms with Crippen LogP contribution in [0.2, 0.25) is 0 Å². The van der Waals surface area contributed by atoms with Gasteiger partial charge >= 0.3 is 7.12 Å². The molecule has 1 aromatic rings. The van der Waals surface area contributed by atoms with E-state index in [0.717, 1.165) is 49.4 Å². The summed E-state index contributed by atoms with van der Waals surface area (Å²) in [7, 11) is -0.347. The van der Waals surface area contributed by atoms with Gasteiger partial charge in [0.2, 0.25) is 0 Å². The van der Waals surface area contributed by atoms with Crippen molar-refractivity contribution in [1.82, 2.24) is 0 Å². The van der Waals surface area contributed by atoms with Gasteiger partial charge in [-0.1, -0.05) is 6.07 Å². The van der Waals surface area contributed by atoms with E-state index in [9.17, 15) is 0 Å². The zero-order valence-electron chi connectivity index (χ0n) is 15.6. The molecule has 2 aliphatic rings. The summed E-state index contributed by atoms with van der Waals surface area (Å²) in [6.07, 6.45) is 2.16. The Morgan fingerprint density at radius 2 is 1.67 bits per heavy atom. The molecule has 0 unspecified atom stereocenters. The Morgan fingerprint density at radius 3 is 2.29 bits per heavy atom. The second-order valence-electron chi connectivity index (χ2n) is 8.03. The summed E-state index contributed by atoms with van der Waals surface area (Å²) in [5.74, 6) is 1.48. The highest BCUT2D eigenvalue weighted by atomic mass is 16.7. The van der Waals surface area contributed by atoms with Gasteiger partial charge in [-0.3, -0.25) is 0 Å². The molecule has 0 amide bonds. The van der Waals surface area contributed by atoms with Crippen molar-refractivity contribution in [3.63, 3.8) is 0 Å². The first-order chi connectivity index (χ1) is 11.3. The monoisotopic (exact) mass is 332 g/mol. The Labute approximate surface area is 146 Å². The average molecular weight is 332 g/mol. The van der Waals surface area contributed by atoms with Gasteiger partial charge in [-0.15, -0.1) is 0 Å². The molecule has 5 heteroatoms. The maximum atomic E-state index is 6.16. The van der Waals surface area contributed by atoms with E-state index in [2.05, 4.69) is 52.8 Å². The summed E-state index contributed by atoms with van der Waals surface area (Å²) in [4.78, 5) is 0. The number of aryl methyl sites for hydroxylation is 1. The van der Waals surface area contributed by atoms with Gasteiger partial charge in [0.1, 0.15) is 5.75 Å². The number of hydrogen-bond donors (Lipinski definition) is 0. The predicted octanol–water partition coefficient (Wildman–Crippen LogP) is 3.10. The second kappa shape index (κ2) is 6.70. The minimum atomic E-state index is -0.347. The normalized spacial score (nSPS) is 23.5. The Hall–Kier alpha value is -1.04. The van der Waals surface area contributed by atoms with Crippen molar-refractivity contribution >= 4 is 12.6 Å². The molecule has 0 aliphatic carbocycles. The van der Waals surface area contributed by atoms with E-state index in [1.54, 1.807) is 0 Å². The molecule has 2 fully saturated rings. The van der Waals surface area contributed by atoms with Crippen molar-refractivity contribution in [3.8, 4) is 5.75 Å². The summed E-state index contributed by atoms with van der Waals surface area (Å²) in [5.41, 5.74) is 1.52. The summed E-state index contributed by atoms with van der Waals surface area (Å²) in [6.45, 7) is 12.8. The molecule has 0 N–H and O–H groups in total. The number of benzene rings is 1. The van der Waals surface area contributed by atoms with Crippen molar-refractivity contribution in [3.05, 3.63) is 23.8 Å². The molecule has 0 aromatic heterocycles. The highest BCUT2D eigenvalue weighted by Crippen LogP contribution is 2.36. The van der Waals surface area contributed by atoms with E-state index in [0.29, 0.717) is 5.92 Å². The fourth-order valence-corrected chi connectivity index (χ4v) is 3.10. The highest BCUT2D eigenvalue weighted by molar-refractivity contribution is 6.62. The summed E-state index contributed by atoms with van der Waals surface area (Å²) >= 11 is 0. The molecule has 2 heterocycles. The number of rotatable bonds is 4. The molecular formula is C19H29BO4. The molecule has 0 bridgehead atoms. The maximum Gasteiger partial charge on any atom is 0.494 e. The lowest BCUT2D eigenvalue weighted by Crippen LogP contribution is -2.41. The van der Waals surface area contributed by atoms with Gasteiger partial charge in [-0.25, -0.2) is 0 Å². The number of hydrogen-bond acceptors (Lipinski definition) is 4. The minimum Gasteiger partial charge on any atom is -0.493 e.